The molecule has 0 aliphatic carbocycles. The Morgan fingerprint density at radius 3 is 2.36 bits per heavy atom. The first-order valence-corrected chi connectivity index (χ1v) is 4.61. The Kier molecular flexibility index (Phi) is 2.39. The van der Waals surface area contributed by atoms with E-state index >= 15 is 0 Å². The van der Waals surface area contributed by atoms with E-state index in [1.165, 1.54) is 17.1 Å². The zero-order valence-corrected chi connectivity index (χ0v) is 8.79. The van der Waals surface area contributed by atoms with Crippen LogP contribution in [0.3, 0.4) is 0 Å². The average Bonchev–Trinajstić information content (AvgIpc) is 2.51. The first-order chi connectivity index (χ1) is 6.68. The van der Waals surface area contributed by atoms with Gasteiger partial charge in [-0.3, -0.25) is 4.98 Å². The quantitative estimate of drug-likeness (QED) is 0.753. The second-order valence-corrected chi connectivity index (χ2v) is 3.50. The van der Waals surface area contributed by atoms with Crippen molar-refractivity contribution in [3.8, 4) is 5.69 Å². The van der Waals surface area contributed by atoms with Crippen molar-refractivity contribution in [1.82, 2.24) is 19.7 Å². The molecule has 0 aliphatic heterocycles. The van der Waals surface area contributed by atoms with Gasteiger partial charge in [0, 0.05) is 12.4 Å². The SMILES string of the molecule is Cc1ncn(-c2c(Cl)cncc2Cl)n1. The van der Waals surface area contributed by atoms with Gasteiger partial charge in [0.05, 0.1) is 10.0 Å². The minimum absolute atomic E-state index is 0.447. The number of hydrogen-bond donors (Lipinski definition) is 0. The lowest BCUT2D eigenvalue weighted by molar-refractivity contribution is 0.860. The van der Waals surface area contributed by atoms with Gasteiger partial charge < -0.3 is 0 Å². The number of nitrogens with zero attached hydrogens (tertiary/aromatic N) is 4. The van der Waals surface area contributed by atoms with Crippen molar-refractivity contribution in [3.05, 3.63) is 34.6 Å². The predicted octanol–water partition coefficient (Wildman–Crippen LogP) is 2.28. The molecule has 0 radical (unpaired) electrons. The summed E-state index contributed by atoms with van der Waals surface area (Å²) in [6.07, 6.45) is 4.59. The van der Waals surface area contributed by atoms with Gasteiger partial charge in [-0.05, 0) is 6.92 Å². The minimum atomic E-state index is 0.447. The van der Waals surface area contributed by atoms with Gasteiger partial charge in [-0.1, -0.05) is 23.2 Å². The molecule has 6 heteroatoms. The number of aromatic nitrogens is 4. The predicted molar refractivity (Wildman–Crippen MR) is 53.9 cm³/mol. The van der Waals surface area contributed by atoms with Crippen LogP contribution in [0.1, 0.15) is 5.82 Å². The number of hydrogen-bond acceptors (Lipinski definition) is 3. The third-order valence-electron chi connectivity index (χ3n) is 1.66. The second-order valence-electron chi connectivity index (χ2n) is 2.69. The molecule has 0 atom stereocenters. The van der Waals surface area contributed by atoms with Gasteiger partial charge in [0.15, 0.2) is 0 Å². The first kappa shape index (κ1) is 9.43. The summed E-state index contributed by atoms with van der Waals surface area (Å²) in [4.78, 5) is 7.84. The van der Waals surface area contributed by atoms with Crippen LogP contribution in [0.15, 0.2) is 18.7 Å². The van der Waals surface area contributed by atoms with Crippen LogP contribution in [0, 0.1) is 6.92 Å². The normalized spacial score (nSPS) is 10.5. The summed E-state index contributed by atoms with van der Waals surface area (Å²) in [5, 5.41) is 5.00. The van der Waals surface area contributed by atoms with E-state index in [4.69, 9.17) is 23.2 Å². The number of pyridine rings is 1. The lowest BCUT2D eigenvalue weighted by Crippen LogP contribution is -1.97. The molecular weight excluding hydrogens is 223 g/mol. The maximum absolute atomic E-state index is 5.94. The van der Waals surface area contributed by atoms with Crippen LogP contribution in [0.2, 0.25) is 10.0 Å². The average molecular weight is 229 g/mol. The maximum atomic E-state index is 5.94. The summed E-state index contributed by atoms with van der Waals surface area (Å²) in [5.74, 6) is 0.661. The second kappa shape index (κ2) is 3.55. The van der Waals surface area contributed by atoms with Crippen molar-refractivity contribution >= 4 is 23.2 Å². The molecule has 0 unspecified atom stereocenters. The highest BCUT2D eigenvalue weighted by molar-refractivity contribution is 6.37. The lowest BCUT2D eigenvalue weighted by atomic mass is 10.4. The zero-order chi connectivity index (χ0) is 10.1. The highest BCUT2D eigenvalue weighted by atomic mass is 35.5. The summed E-state index contributed by atoms with van der Waals surface area (Å²) in [6.45, 7) is 1.79. The molecule has 2 rings (SSSR count). The molecule has 0 aromatic carbocycles. The molecular formula is C8H6Cl2N4. The fraction of sp³-hybridized carbons (Fsp3) is 0.125. The highest BCUT2D eigenvalue weighted by Crippen LogP contribution is 2.25. The van der Waals surface area contributed by atoms with Crippen LogP contribution in [0.5, 0.6) is 0 Å². The van der Waals surface area contributed by atoms with Crippen LogP contribution in [0.25, 0.3) is 5.69 Å². The number of rotatable bonds is 1. The van der Waals surface area contributed by atoms with Gasteiger partial charge in [-0.15, -0.1) is 0 Å². The van der Waals surface area contributed by atoms with E-state index in [0.717, 1.165) is 0 Å². The molecule has 0 fully saturated rings. The lowest BCUT2D eigenvalue weighted by Gasteiger charge is -2.04. The number of aryl methyl sites for hydroxylation is 1. The fourth-order valence-corrected chi connectivity index (χ4v) is 1.61. The Hall–Kier alpha value is -1.13. The molecule has 0 spiro atoms. The molecule has 0 aliphatic rings. The Labute approximate surface area is 90.5 Å². The minimum Gasteiger partial charge on any atom is -0.261 e. The van der Waals surface area contributed by atoms with Crippen LogP contribution >= 0.6 is 23.2 Å². The highest BCUT2D eigenvalue weighted by Gasteiger charge is 2.09. The van der Waals surface area contributed by atoms with Gasteiger partial charge in [0.2, 0.25) is 0 Å². The Morgan fingerprint density at radius 1 is 1.21 bits per heavy atom. The standard InChI is InChI=1S/C8H6Cl2N4/c1-5-12-4-14(13-5)8-6(9)2-11-3-7(8)10/h2-4H,1H3. The van der Waals surface area contributed by atoms with Crippen LogP contribution in [0.4, 0.5) is 0 Å². The smallest absolute Gasteiger partial charge is 0.147 e. The third-order valence-corrected chi connectivity index (χ3v) is 2.22. The summed E-state index contributed by atoms with van der Waals surface area (Å²) >= 11 is 11.9. The molecule has 0 amide bonds. The van der Waals surface area contributed by atoms with E-state index < -0.39 is 0 Å². The van der Waals surface area contributed by atoms with Gasteiger partial charge in [-0.2, -0.15) is 5.10 Å². The van der Waals surface area contributed by atoms with Gasteiger partial charge >= 0.3 is 0 Å². The van der Waals surface area contributed by atoms with E-state index in [1.807, 2.05) is 0 Å². The summed E-state index contributed by atoms with van der Waals surface area (Å²) in [6, 6.07) is 0. The van der Waals surface area contributed by atoms with E-state index in [9.17, 15) is 0 Å². The molecule has 2 heterocycles. The van der Waals surface area contributed by atoms with Crippen molar-refractivity contribution < 1.29 is 0 Å². The largest absolute Gasteiger partial charge is 0.261 e. The molecule has 0 N–H and O–H groups in total. The van der Waals surface area contributed by atoms with E-state index in [2.05, 4.69) is 15.1 Å². The Morgan fingerprint density at radius 2 is 1.86 bits per heavy atom. The summed E-state index contributed by atoms with van der Waals surface area (Å²) in [7, 11) is 0. The molecule has 72 valence electrons. The molecule has 4 nitrogen and oxygen atoms in total. The van der Waals surface area contributed by atoms with Crippen molar-refractivity contribution in [3.63, 3.8) is 0 Å². The van der Waals surface area contributed by atoms with Crippen LogP contribution in [-0.4, -0.2) is 19.7 Å². The van der Waals surface area contributed by atoms with Crippen LogP contribution in [-0.2, 0) is 0 Å². The molecule has 0 bridgehead atoms. The van der Waals surface area contributed by atoms with Crippen molar-refractivity contribution in [2.24, 2.45) is 0 Å². The molecule has 2 aromatic heterocycles. The fourth-order valence-electron chi connectivity index (χ4n) is 1.08. The third kappa shape index (κ3) is 1.58. The molecule has 0 saturated carbocycles. The molecule has 0 saturated heterocycles. The Balaban J connectivity index is 2.61. The van der Waals surface area contributed by atoms with E-state index in [0.29, 0.717) is 21.6 Å². The Bertz CT molecular complexity index is 446. The van der Waals surface area contributed by atoms with E-state index in [1.54, 1.807) is 13.3 Å². The van der Waals surface area contributed by atoms with Gasteiger partial charge in [-0.25, -0.2) is 9.67 Å². The van der Waals surface area contributed by atoms with Gasteiger partial charge in [0.1, 0.15) is 17.8 Å². The maximum Gasteiger partial charge on any atom is 0.147 e. The molecule has 14 heavy (non-hydrogen) atoms. The summed E-state index contributed by atoms with van der Waals surface area (Å²) < 4.78 is 1.53. The number of halogens is 2. The van der Waals surface area contributed by atoms with Crippen molar-refractivity contribution in [2.75, 3.05) is 0 Å². The summed E-state index contributed by atoms with van der Waals surface area (Å²) in [5.41, 5.74) is 0.601. The monoisotopic (exact) mass is 228 g/mol. The van der Waals surface area contributed by atoms with Crippen molar-refractivity contribution in [2.45, 2.75) is 6.92 Å². The van der Waals surface area contributed by atoms with E-state index in [-0.39, 0.29) is 0 Å². The first-order valence-electron chi connectivity index (χ1n) is 3.86. The van der Waals surface area contributed by atoms with Crippen molar-refractivity contribution in [1.29, 1.82) is 0 Å². The topological polar surface area (TPSA) is 43.6 Å². The van der Waals surface area contributed by atoms with Gasteiger partial charge in [0.25, 0.3) is 0 Å². The van der Waals surface area contributed by atoms with Crippen LogP contribution < -0.4 is 0 Å². The molecule has 2 aromatic rings. The zero-order valence-electron chi connectivity index (χ0n) is 7.28.